The molecule has 0 bridgehead atoms. The first-order valence-electron chi connectivity index (χ1n) is 9.88. The minimum atomic E-state index is -0.795. The number of nitrogens with one attached hydrogen (secondary N) is 2. The minimum Gasteiger partial charge on any atom is -0.408 e. The van der Waals surface area contributed by atoms with Crippen LogP contribution in [-0.4, -0.2) is 17.6 Å². The van der Waals surface area contributed by atoms with Gasteiger partial charge in [0.1, 0.15) is 0 Å². The lowest BCUT2D eigenvalue weighted by Crippen LogP contribution is -2.33. The third-order valence-electron chi connectivity index (χ3n) is 5.70. The van der Waals surface area contributed by atoms with Crippen molar-refractivity contribution in [3.05, 3.63) is 69.7 Å². The number of fused-ring (bicyclic) bond motifs is 1. The quantitative estimate of drug-likeness (QED) is 0.607. The summed E-state index contributed by atoms with van der Waals surface area (Å²) in [6, 6.07) is 10.6. The van der Waals surface area contributed by atoms with Crippen LogP contribution in [0.5, 0.6) is 0 Å². The van der Waals surface area contributed by atoms with Crippen LogP contribution in [-0.2, 0) is 6.42 Å². The molecule has 4 nitrogen and oxygen atoms in total. The number of aryl methyl sites for hydroxylation is 1. The van der Waals surface area contributed by atoms with Crippen LogP contribution in [0.2, 0.25) is 0 Å². The highest BCUT2D eigenvalue weighted by molar-refractivity contribution is 5.72. The third-order valence-corrected chi connectivity index (χ3v) is 5.70. The summed E-state index contributed by atoms with van der Waals surface area (Å²) in [7, 11) is 0. The molecular formula is C22H24F2N2O2. The standard InChI is InChI=1S/C22H24F2N2O2/c23-18-9-3-14(12-19(18)24)2-1-11-25-17-7-4-15(5-8-17)16-6-10-20-21(13-16)28-22(27)26-20/h3,6,9-10,12-13,15,17,25H,1-2,4-5,7-8,11H2,(H,26,27). The zero-order chi connectivity index (χ0) is 19.5. The van der Waals surface area contributed by atoms with E-state index in [1.54, 1.807) is 6.07 Å². The van der Waals surface area contributed by atoms with Gasteiger partial charge in [-0.2, -0.15) is 0 Å². The number of aromatic amines is 1. The normalized spacial score (nSPS) is 19.9. The van der Waals surface area contributed by atoms with E-state index in [2.05, 4.69) is 16.4 Å². The van der Waals surface area contributed by atoms with Crippen LogP contribution in [0.25, 0.3) is 11.1 Å². The van der Waals surface area contributed by atoms with Crippen molar-refractivity contribution in [2.24, 2.45) is 0 Å². The Kier molecular flexibility index (Phi) is 5.57. The number of halogens is 2. The molecule has 1 aromatic heterocycles. The molecule has 28 heavy (non-hydrogen) atoms. The molecule has 0 atom stereocenters. The second kappa shape index (κ2) is 8.27. The largest absolute Gasteiger partial charge is 0.417 e. The molecule has 0 radical (unpaired) electrons. The fourth-order valence-corrected chi connectivity index (χ4v) is 4.14. The van der Waals surface area contributed by atoms with E-state index in [1.165, 1.54) is 17.7 Å². The lowest BCUT2D eigenvalue weighted by atomic mass is 9.81. The number of hydrogen-bond donors (Lipinski definition) is 2. The molecule has 0 spiro atoms. The fourth-order valence-electron chi connectivity index (χ4n) is 4.14. The van der Waals surface area contributed by atoms with Gasteiger partial charge in [-0.3, -0.25) is 4.98 Å². The van der Waals surface area contributed by atoms with E-state index < -0.39 is 17.4 Å². The van der Waals surface area contributed by atoms with Gasteiger partial charge < -0.3 is 9.73 Å². The van der Waals surface area contributed by atoms with Gasteiger partial charge in [-0.1, -0.05) is 12.1 Å². The molecular weight excluding hydrogens is 362 g/mol. The van der Waals surface area contributed by atoms with Crippen molar-refractivity contribution in [3.63, 3.8) is 0 Å². The van der Waals surface area contributed by atoms with Gasteiger partial charge >= 0.3 is 5.76 Å². The van der Waals surface area contributed by atoms with Gasteiger partial charge in [0.15, 0.2) is 17.2 Å². The monoisotopic (exact) mass is 386 g/mol. The molecule has 4 rings (SSSR count). The summed E-state index contributed by atoms with van der Waals surface area (Å²) < 4.78 is 31.4. The van der Waals surface area contributed by atoms with Crippen LogP contribution < -0.4 is 11.1 Å². The van der Waals surface area contributed by atoms with Crippen LogP contribution in [0.3, 0.4) is 0 Å². The molecule has 0 aliphatic heterocycles. The van der Waals surface area contributed by atoms with Gasteiger partial charge in [-0.25, -0.2) is 13.6 Å². The Balaban J connectivity index is 1.22. The first-order chi connectivity index (χ1) is 13.6. The molecule has 0 saturated heterocycles. The van der Waals surface area contributed by atoms with Crippen molar-refractivity contribution in [3.8, 4) is 0 Å². The first kappa shape index (κ1) is 18.9. The van der Waals surface area contributed by atoms with Gasteiger partial charge in [0.2, 0.25) is 0 Å². The van der Waals surface area contributed by atoms with E-state index in [0.717, 1.165) is 56.1 Å². The molecule has 2 N–H and O–H groups in total. The first-order valence-corrected chi connectivity index (χ1v) is 9.88. The number of aromatic nitrogens is 1. The lowest BCUT2D eigenvalue weighted by Gasteiger charge is -2.29. The summed E-state index contributed by atoms with van der Waals surface area (Å²) in [4.78, 5) is 14.0. The van der Waals surface area contributed by atoms with Crippen LogP contribution in [0.4, 0.5) is 8.78 Å². The summed E-state index contributed by atoms with van der Waals surface area (Å²) in [6.45, 7) is 0.870. The average molecular weight is 386 g/mol. The van der Waals surface area contributed by atoms with Crippen LogP contribution in [0.15, 0.2) is 45.6 Å². The molecule has 2 aromatic carbocycles. The summed E-state index contributed by atoms with van der Waals surface area (Å²) in [5, 5.41) is 3.59. The second-order valence-electron chi connectivity index (χ2n) is 7.62. The Labute approximate surface area is 162 Å². The van der Waals surface area contributed by atoms with Crippen molar-refractivity contribution in [1.29, 1.82) is 0 Å². The van der Waals surface area contributed by atoms with Crippen molar-refractivity contribution in [2.75, 3.05) is 6.54 Å². The Morgan fingerprint density at radius 2 is 1.86 bits per heavy atom. The van der Waals surface area contributed by atoms with E-state index >= 15 is 0 Å². The molecule has 1 saturated carbocycles. The van der Waals surface area contributed by atoms with Crippen LogP contribution in [0.1, 0.15) is 49.1 Å². The molecule has 1 fully saturated rings. The number of benzene rings is 2. The Bertz CT molecular complexity index is 1000. The van der Waals surface area contributed by atoms with E-state index in [1.807, 2.05) is 12.1 Å². The van der Waals surface area contributed by atoms with Crippen LogP contribution >= 0.6 is 0 Å². The van der Waals surface area contributed by atoms with E-state index in [4.69, 9.17) is 4.42 Å². The van der Waals surface area contributed by atoms with Gasteiger partial charge in [-0.05, 0) is 86.4 Å². The smallest absolute Gasteiger partial charge is 0.408 e. The molecule has 1 aliphatic carbocycles. The maximum atomic E-state index is 13.2. The predicted octanol–water partition coefficient (Wildman–Crippen LogP) is 4.65. The number of hydrogen-bond acceptors (Lipinski definition) is 3. The van der Waals surface area contributed by atoms with Gasteiger partial charge in [0, 0.05) is 6.04 Å². The Morgan fingerprint density at radius 3 is 2.64 bits per heavy atom. The zero-order valence-electron chi connectivity index (χ0n) is 15.6. The highest BCUT2D eigenvalue weighted by atomic mass is 19.2. The van der Waals surface area contributed by atoms with E-state index in [0.29, 0.717) is 17.5 Å². The molecule has 1 heterocycles. The molecule has 0 amide bonds. The topological polar surface area (TPSA) is 58.0 Å². The number of H-pyrrole nitrogens is 1. The average Bonchev–Trinajstić information content (AvgIpc) is 3.07. The van der Waals surface area contributed by atoms with E-state index in [-0.39, 0.29) is 0 Å². The Hall–Kier alpha value is -2.47. The van der Waals surface area contributed by atoms with Gasteiger partial charge in [0.05, 0.1) is 5.52 Å². The number of rotatable bonds is 6. The van der Waals surface area contributed by atoms with Crippen molar-refractivity contribution < 1.29 is 13.2 Å². The molecule has 148 valence electrons. The van der Waals surface area contributed by atoms with Crippen molar-refractivity contribution in [1.82, 2.24) is 10.3 Å². The lowest BCUT2D eigenvalue weighted by molar-refractivity contribution is 0.342. The summed E-state index contributed by atoms with van der Waals surface area (Å²) in [5.74, 6) is -1.49. The van der Waals surface area contributed by atoms with Crippen molar-refractivity contribution >= 4 is 11.1 Å². The summed E-state index contributed by atoms with van der Waals surface area (Å²) in [5.41, 5.74) is 3.42. The maximum absolute atomic E-state index is 13.2. The summed E-state index contributed by atoms with van der Waals surface area (Å²) >= 11 is 0. The van der Waals surface area contributed by atoms with Crippen LogP contribution in [0, 0.1) is 11.6 Å². The minimum absolute atomic E-state index is 0.413. The second-order valence-corrected chi connectivity index (χ2v) is 7.62. The molecule has 0 unspecified atom stereocenters. The SMILES string of the molecule is O=c1[nH]c2ccc(C3CCC(NCCCc4ccc(F)c(F)c4)CC3)cc2o1. The number of oxazole rings is 1. The highest BCUT2D eigenvalue weighted by Crippen LogP contribution is 2.34. The predicted molar refractivity (Wildman–Crippen MR) is 105 cm³/mol. The molecule has 3 aromatic rings. The summed E-state index contributed by atoms with van der Waals surface area (Å²) in [6.07, 6.45) is 6.04. The third kappa shape index (κ3) is 4.33. The van der Waals surface area contributed by atoms with E-state index in [9.17, 15) is 13.6 Å². The highest BCUT2D eigenvalue weighted by Gasteiger charge is 2.22. The Morgan fingerprint density at radius 1 is 1.04 bits per heavy atom. The van der Waals surface area contributed by atoms with Gasteiger partial charge in [-0.15, -0.1) is 0 Å². The van der Waals surface area contributed by atoms with Gasteiger partial charge in [0.25, 0.3) is 0 Å². The fraction of sp³-hybridized carbons (Fsp3) is 0.409. The zero-order valence-corrected chi connectivity index (χ0v) is 15.6. The molecule has 6 heteroatoms. The molecule has 1 aliphatic rings. The van der Waals surface area contributed by atoms with Crippen molar-refractivity contribution in [2.45, 2.75) is 50.5 Å². The maximum Gasteiger partial charge on any atom is 0.417 e.